The fourth-order valence-corrected chi connectivity index (χ4v) is 5.46. The van der Waals surface area contributed by atoms with E-state index < -0.39 is 0 Å². The molecule has 2 aliphatic heterocycles. The summed E-state index contributed by atoms with van der Waals surface area (Å²) in [5.74, 6) is -0.121. The monoisotopic (exact) mass is 471 g/mol. The summed E-state index contributed by atoms with van der Waals surface area (Å²) in [7, 11) is 1.77. The van der Waals surface area contributed by atoms with Crippen molar-refractivity contribution in [3.8, 4) is 5.75 Å². The van der Waals surface area contributed by atoms with Crippen molar-refractivity contribution in [3.05, 3.63) is 99.5 Å². The van der Waals surface area contributed by atoms with E-state index in [1.165, 1.54) is 6.07 Å². The number of pyridine rings is 1. The number of piperidine rings is 1. The van der Waals surface area contributed by atoms with Crippen LogP contribution in [0.5, 0.6) is 5.75 Å². The number of carbonyl (C=O) groups excluding carboxylic acids is 2. The van der Waals surface area contributed by atoms with E-state index >= 15 is 0 Å². The Morgan fingerprint density at radius 2 is 1.74 bits per heavy atom. The van der Waals surface area contributed by atoms with E-state index in [0.29, 0.717) is 6.42 Å². The number of aryl methyl sites for hydroxylation is 1. The molecule has 0 spiro atoms. The number of rotatable bonds is 6. The first-order chi connectivity index (χ1) is 17.0. The molecule has 2 aromatic carbocycles. The van der Waals surface area contributed by atoms with Gasteiger partial charge in [0.2, 0.25) is 5.43 Å². The van der Waals surface area contributed by atoms with Crippen LogP contribution in [-0.4, -0.2) is 35.0 Å². The van der Waals surface area contributed by atoms with Crippen LogP contribution in [-0.2, 0) is 11.4 Å². The molecule has 0 aliphatic carbocycles. The predicted octanol–water partition coefficient (Wildman–Crippen LogP) is 3.83. The first kappa shape index (κ1) is 22.9. The van der Waals surface area contributed by atoms with Gasteiger partial charge in [0.25, 0.3) is 5.91 Å². The quantitative estimate of drug-likeness (QED) is 0.511. The first-order valence-electron chi connectivity index (χ1n) is 12.0. The third-order valence-electron chi connectivity index (χ3n) is 7.22. The summed E-state index contributed by atoms with van der Waals surface area (Å²) < 4.78 is 7.79. The van der Waals surface area contributed by atoms with Crippen LogP contribution >= 0.6 is 0 Å². The lowest BCUT2D eigenvalue weighted by molar-refractivity contribution is -0.109. The molecule has 0 N–H and O–H groups in total. The standard InChI is InChI=1S/C28H29N3O4/c1-19-8-6-7-11-22(19)25-21(15-17-32)12-13-24-29(2)28(34)26-27(23(33)14-16-30(26)31(24)25)35-18-20-9-4-3-5-10-20/h3-11,14,16-17,21,24-25H,12-13,15,18H2,1-2H3. The zero-order valence-electron chi connectivity index (χ0n) is 20.0. The number of carbonyl (C=O) groups is 2. The summed E-state index contributed by atoms with van der Waals surface area (Å²) >= 11 is 0. The van der Waals surface area contributed by atoms with Crippen LogP contribution in [0.3, 0.4) is 0 Å². The van der Waals surface area contributed by atoms with Gasteiger partial charge in [0, 0.05) is 25.7 Å². The average Bonchev–Trinajstić information content (AvgIpc) is 2.87. The second-order valence-corrected chi connectivity index (χ2v) is 9.29. The van der Waals surface area contributed by atoms with Gasteiger partial charge in [-0.25, -0.2) is 0 Å². The lowest BCUT2D eigenvalue weighted by atomic mass is 9.80. The molecule has 3 aromatic rings. The predicted molar refractivity (Wildman–Crippen MR) is 133 cm³/mol. The summed E-state index contributed by atoms with van der Waals surface area (Å²) in [6, 6.07) is 19.0. The Morgan fingerprint density at radius 3 is 2.49 bits per heavy atom. The summed E-state index contributed by atoms with van der Waals surface area (Å²) in [5, 5.41) is 2.16. The lowest BCUT2D eigenvalue weighted by Gasteiger charge is -2.54. The van der Waals surface area contributed by atoms with Gasteiger partial charge in [-0.1, -0.05) is 54.6 Å². The van der Waals surface area contributed by atoms with Crippen molar-refractivity contribution in [1.82, 2.24) is 9.58 Å². The summed E-state index contributed by atoms with van der Waals surface area (Å²) in [5.41, 5.74) is 3.03. The van der Waals surface area contributed by atoms with Crippen LogP contribution in [0.1, 0.15) is 52.5 Å². The van der Waals surface area contributed by atoms with Gasteiger partial charge >= 0.3 is 0 Å². The van der Waals surface area contributed by atoms with Crippen LogP contribution in [0, 0.1) is 12.8 Å². The number of hydrogen-bond donors (Lipinski definition) is 0. The molecule has 1 aromatic heterocycles. The fraction of sp³-hybridized carbons (Fsp3) is 0.321. The molecule has 0 radical (unpaired) electrons. The molecule has 2 aliphatic rings. The molecule has 1 fully saturated rings. The first-order valence-corrected chi connectivity index (χ1v) is 12.0. The third-order valence-corrected chi connectivity index (χ3v) is 7.22. The molecular weight excluding hydrogens is 442 g/mol. The number of fused-ring (bicyclic) bond motifs is 3. The van der Waals surface area contributed by atoms with Crippen LogP contribution in [0.2, 0.25) is 0 Å². The Bertz CT molecular complexity index is 1300. The normalized spacial score (nSPS) is 21.3. The number of benzene rings is 2. The Morgan fingerprint density at radius 1 is 1.00 bits per heavy atom. The summed E-state index contributed by atoms with van der Waals surface area (Å²) in [6.07, 6.45) is 4.42. The molecule has 0 bridgehead atoms. The van der Waals surface area contributed by atoms with Crippen molar-refractivity contribution >= 4 is 12.2 Å². The van der Waals surface area contributed by atoms with Gasteiger partial charge < -0.3 is 14.4 Å². The molecule has 35 heavy (non-hydrogen) atoms. The second kappa shape index (κ2) is 9.41. The highest BCUT2D eigenvalue weighted by atomic mass is 16.5. The fourth-order valence-electron chi connectivity index (χ4n) is 5.46. The number of aldehydes is 1. The van der Waals surface area contributed by atoms with E-state index in [1.54, 1.807) is 22.8 Å². The van der Waals surface area contributed by atoms with Crippen molar-refractivity contribution in [2.24, 2.45) is 5.92 Å². The number of ether oxygens (including phenoxy) is 1. The maximum atomic E-state index is 13.6. The zero-order chi connectivity index (χ0) is 24.5. The Kier molecular flexibility index (Phi) is 6.16. The zero-order valence-corrected chi connectivity index (χ0v) is 20.0. The van der Waals surface area contributed by atoms with Crippen molar-refractivity contribution in [1.29, 1.82) is 0 Å². The number of hydrogen-bond acceptors (Lipinski definition) is 5. The third kappa shape index (κ3) is 4.01. The van der Waals surface area contributed by atoms with Gasteiger partial charge in [-0.3, -0.25) is 19.3 Å². The van der Waals surface area contributed by atoms with E-state index in [0.717, 1.165) is 35.8 Å². The molecule has 5 rings (SSSR count). The highest BCUT2D eigenvalue weighted by molar-refractivity contribution is 5.96. The Hall–Kier alpha value is -3.87. The molecule has 0 saturated carbocycles. The lowest BCUT2D eigenvalue weighted by Crippen LogP contribution is -2.64. The van der Waals surface area contributed by atoms with Crippen molar-refractivity contribution in [2.75, 3.05) is 12.1 Å². The van der Waals surface area contributed by atoms with Gasteiger partial charge in [0.15, 0.2) is 11.4 Å². The van der Waals surface area contributed by atoms with E-state index in [-0.39, 0.29) is 47.5 Å². The van der Waals surface area contributed by atoms with Gasteiger partial charge in [-0.05, 0) is 42.4 Å². The van der Waals surface area contributed by atoms with Crippen LogP contribution in [0.25, 0.3) is 0 Å². The van der Waals surface area contributed by atoms with Crippen LogP contribution in [0.15, 0.2) is 71.7 Å². The molecule has 7 heteroatoms. The molecule has 180 valence electrons. The minimum absolute atomic E-state index is 0.0488. The minimum Gasteiger partial charge on any atom is -0.482 e. The van der Waals surface area contributed by atoms with E-state index in [1.807, 2.05) is 42.5 Å². The number of amides is 1. The molecule has 3 atom stereocenters. The van der Waals surface area contributed by atoms with Gasteiger partial charge in [-0.2, -0.15) is 0 Å². The average molecular weight is 472 g/mol. The Balaban J connectivity index is 1.65. The van der Waals surface area contributed by atoms with E-state index in [2.05, 4.69) is 24.1 Å². The maximum absolute atomic E-state index is 13.6. The van der Waals surface area contributed by atoms with Gasteiger partial charge in [0.05, 0.1) is 6.04 Å². The van der Waals surface area contributed by atoms with Crippen molar-refractivity contribution in [2.45, 2.75) is 45.0 Å². The van der Waals surface area contributed by atoms with Crippen LogP contribution < -0.4 is 15.2 Å². The minimum atomic E-state index is -0.332. The second-order valence-electron chi connectivity index (χ2n) is 9.29. The highest BCUT2D eigenvalue weighted by Crippen LogP contribution is 2.43. The number of aromatic nitrogens is 1. The summed E-state index contributed by atoms with van der Waals surface area (Å²) in [4.78, 5) is 39.8. The Labute approximate surface area is 204 Å². The SMILES string of the molecule is Cc1ccccc1C1C(CC=O)CCC2N(C)C(=O)c3c(OCc4ccccc4)c(=O)ccn3N12. The molecule has 1 saturated heterocycles. The molecule has 7 nitrogen and oxygen atoms in total. The number of nitrogens with zero attached hydrogens (tertiary/aromatic N) is 3. The smallest absolute Gasteiger partial charge is 0.277 e. The maximum Gasteiger partial charge on any atom is 0.277 e. The largest absolute Gasteiger partial charge is 0.482 e. The summed E-state index contributed by atoms with van der Waals surface area (Å²) in [6.45, 7) is 2.25. The van der Waals surface area contributed by atoms with Crippen molar-refractivity contribution in [3.63, 3.8) is 0 Å². The van der Waals surface area contributed by atoms with E-state index in [9.17, 15) is 14.4 Å². The van der Waals surface area contributed by atoms with Crippen molar-refractivity contribution < 1.29 is 14.3 Å². The highest BCUT2D eigenvalue weighted by Gasteiger charge is 2.46. The molecule has 3 heterocycles. The molecular formula is C28H29N3O4. The topological polar surface area (TPSA) is 71.8 Å². The van der Waals surface area contributed by atoms with Crippen LogP contribution in [0.4, 0.5) is 0 Å². The van der Waals surface area contributed by atoms with Gasteiger partial charge in [0.1, 0.15) is 19.1 Å². The van der Waals surface area contributed by atoms with Gasteiger partial charge in [-0.15, -0.1) is 0 Å². The molecule has 3 unspecified atom stereocenters. The molecule has 1 amide bonds. The van der Waals surface area contributed by atoms with E-state index in [4.69, 9.17) is 4.74 Å².